The Hall–Kier alpha value is -2.30. The maximum atomic E-state index is 13.1. The van der Waals surface area contributed by atoms with Crippen LogP contribution in [0.1, 0.15) is 127 Å². The lowest BCUT2D eigenvalue weighted by Crippen LogP contribution is -2.14. The van der Waals surface area contributed by atoms with Crippen molar-refractivity contribution in [2.75, 3.05) is 6.61 Å². The van der Waals surface area contributed by atoms with Gasteiger partial charge in [0.1, 0.15) is 0 Å². The fourth-order valence-corrected chi connectivity index (χ4v) is 4.77. The molecule has 0 aliphatic rings. The summed E-state index contributed by atoms with van der Waals surface area (Å²) in [5.74, 6) is 0.298. The van der Waals surface area contributed by atoms with Crippen LogP contribution in [0, 0.1) is 0 Å². The molecule has 0 unspecified atom stereocenters. The molecule has 1 aromatic heterocycles. The maximum Gasteiger partial charge on any atom is 0.515 e. The second-order valence-electron chi connectivity index (χ2n) is 9.66. The largest absolute Gasteiger partial charge is 0.515 e. The molecule has 0 spiro atoms. The molecular formula is C30H47NO4. The van der Waals surface area contributed by atoms with Crippen LogP contribution in [-0.2, 0) is 11.8 Å². The van der Waals surface area contributed by atoms with Crippen molar-refractivity contribution < 1.29 is 19.1 Å². The summed E-state index contributed by atoms with van der Waals surface area (Å²) in [4.78, 5) is 25.1. The van der Waals surface area contributed by atoms with Crippen LogP contribution in [0.25, 0.3) is 10.9 Å². The quantitative estimate of drug-likeness (QED) is 0.113. The van der Waals surface area contributed by atoms with Crippen LogP contribution in [0.4, 0.5) is 4.79 Å². The number of aromatic nitrogens is 1. The van der Waals surface area contributed by atoms with Gasteiger partial charge in [-0.3, -0.25) is 4.79 Å². The van der Waals surface area contributed by atoms with Crippen LogP contribution >= 0.6 is 0 Å². The first-order chi connectivity index (χ1) is 17.1. The molecule has 35 heavy (non-hydrogen) atoms. The van der Waals surface area contributed by atoms with Gasteiger partial charge in [0, 0.05) is 18.9 Å². The average molecular weight is 486 g/mol. The third-order valence-corrected chi connectivity index (χ3v) is 6.78. The minimum Gasteiger partial charge on any atom is -0.434 e. The van der Waals surface area contributed by atoms with Gasteiger partial charge in [-0.25, -0.2) is 4.79 Å². The molecule has 0 atom stereocenters. The SMILES string of the molecule is CCCCCCCCCCCCCCCCCC(=O)c1c(OC(=O)OCC)n(C)c2ccccc12. The van der Waals surface area contributed by atoms with Crippen molar-refractivity contribution in [2.45, 2.75) is 117 Å². The van der Waals surface area contributed by atoms with Crippen molar-refractivity contribution in [3.8, 4) is 5.88 Å². The molecule has 0 aliphatic carbocycles. The molecule has 196 valence electrons. The fraction of sp³-hybridized carbons (Fsp3) is 0.667. The van der Waals surface area contributed by atoms with Gasteiger partial charge in [-0.2, -0.15) is 0 Å². The third-order valence-electron chi connectivity index (χ3n) is 6.78. The number of carbonyl (C=O) groups is 2. The summed E-state index contributed by atoms with van der Waals surface area (Å²) >= 11 is 0. The molecule has 2 aromatic rings. The van der Waals surface area contributed by atoms with Gasteiger partial charge in [-0.05, 0) is 19.4 Å². The van der Waals surface area contributed by atoms with Gasteiger partial charge in [0.05, 0.1) is 17.7 Å². The molecule has 0 bridgehead atoms. The Morgan fingerprint density at radius 1 is 0.743 bits per heavy atom. The first kappa shape index (κ1) is 28.9. The number of aryl methyl sites for hydroxylation is 1. The van der Waals surface area contributed by atoms with E-state index in [0.29, 0.717) is 12.0 Å². The van der Waals surface area contributed by atoms with Crippen molar-refractivity contribution >= 4 is 22.8 Å². The Morgan fingerprint density at radius 2 is 1.26 bits per heavy atom. The molecule has 5 nitrogen and oxygen atoms in total. The molecule has 0 N–H and O–H groups in total. The van der Waals surface area contributed by atoms with Gasteiger partial charge < -0.3 is 14.0 Å². The van der Waals surface area contributed by atoms with E-state index in [2.05, 4.69) is 6.92 Å². The van der Waals surface area contributed by atoms with Gasteiger partial charge in [-0.15, -0.1) is 0 Å². The summed E-state index contributed by atoms with van der Waals surface area (Å²) in [5, 5.41) is 0.820. The van der Waals surface area contributed by atoms with Crippen molar-refractivity contribution in [1.29, 1.82) is 0 Å². The van der Waals surface area contributed by atoms with Crippen molar-refractivity contribution in [2.24, 2.45) is 7.05 Å². The van der Waals surface area contributed by atoms with E-state index < -0.39 is 6.16 Å². The van der Waals surface area contributed by atoms with Gasteiger partial charge >= 0.3 is 6.16 Å². The Bertz CT molecular complexity index is 886. The monoisotopic (exact) mass is 485 g/mol. The third kappa shape index (κ3) is 10.1. The van der Waals surface area contributed by atoms with Crippen LogP contribution < -0.4 is 4.74 Å². The molecule has 1 heterocycles. The zero-order valence-electron chi connectivity index (χ0n) is 22.4. The lowest BCUT2D eigenvalue weighted by atomic mass is 10.0. The van der Waals surface area contributed by atoms with Gasteiger partial charge in [0.25, 0.3) is 0 Å². The highest BCUT2D eigenvalue weighted by Crippen LogP contribution is 2.33. The lowest BCUT2D eigenvalue weighted by Gasteiger charge is -2.08. The molecule has 0 saturated carbocycles. The van der Waals surface area contributed by atoms with Crippen LogP contribution in [0.5, 0.6) is 5.88 Å². The van der Waals surface area contributed by atoms with E-state index in [1.54, 1.807) is 18.5 Å². The number of benzene rings is 1. The standard InChI is InChI=1S/C30H47NO4/c1-4-6-7-8-9-10-11-12-13-14-15-16-17-18-19-24-27(32)28-25-22-20-21-23-26(25)31(3)29(28)35-30(33)34-5-2/h20-23H,4-19,24H2,1-3H3. The summed E-state index contributed by atoms with van der Waals surface area (Å²) < 4.78 is 12.1. The van der Waals surface area contributed by atoms with Gasteiger partial charge in [0.2, 0.25) is 5.88 Å². The van der Waals surface area contributed by atoms with Crippen LogP contribution in [0.2, 0.25) is 0 Å². The number of hydrogen-bond acceptors (Lipinski definition) is 4. The van der Waals surface area contributed by atoms with E-state index in [-0.39, 0.29) is 18.3 Å². The minimum absolute atomic E-state index is 0.0239. The number of fused-ring (bicyclic) bond motifs is 1. The smallest absolute Gasteiger partial charge is 0.434 e. The van der Waals surface area contributed by atoms with Crippen LogP contribution in [0.3, 0.4) is 0 Å². The number of hydrogen-bond donors (Lipinski definition) is 0. The van der Waals surface area contributed by atoms with Gasteiger partial charge in [0.15, 0.2) is 5.78 Å². The molecule has 0 aliphatic heterocycles. The summed E-state index contributed by atoms with van der Waals surface area (Å²) in [5.41, 5.74) is 1.35. The zero-order valence-corrected chi connectivity index (χ0v) is 22.4. The summed E-state index contributed by atoms with van der Waals surface area (Å²) in [6.07, 6.45) is 19.1. The number of rotatable bonds is 19. The fourth-order valence-electron chi connectivity index (χ4n) is 4.77. The Kier molecular flexibility index (Phi) is 14.2. The number of unbranched alkanes of at least 4 members (excludes halogenated alkanes) is 14. The van der Waals surface area contributed by atoms with Gasteiger partial charge in [-0.1, -0.05) is 115 Å². The lowest BCUT2D eigenvalue weighted by molar-refractivity contribution is 0.0954. The number of ketones is 1. The van der Waals surface area contributed by atoms with Crippen LogP contribution in [0.15, 0.2) is 24.3 Å². The zero-order chi connectivity index (χ0) is 25.3. The molecule has 0 fully saturated rings. The van der Waals surface area contributed by atoms with E-state index in [4.69, 9.17) is 9.47 Å². The molecule has 0 radical (unpaired) electrons. The molecule has 1 aromatic carbocycles. The Morgan fingerprint density at radius 3 is 1.80 bits per heavy atom. The first-order valence-corrected chi connectivity index (χ1v) is 14.0. The molecule has 2 rings (SSSR count). The number of carbonyl (C=O) groups excluding carboxylic acids is 2. The highest BCUT2D eigenvalue weighted by molar-refractivity contribution is 6.11. The average Bonchev–Trinajstić information content (AvgIpc) is 3.13. The Balaban J connectivity index is 1.66. The summed E-state index contributed by atoms with van der Waals surface area (Å²) in [6.45, 7) is 4.23. The second-order valence-corrected chi connectivity index (χ2v) is 9.66. The highest BCUT2D eigenvalue weighted by atomic mass is 16.7. The normalized spacial score (nSPS) is 11.2. The molecular weight excluding hydrogens is 438 g/mol. The van der Waals surface area contributed by atoms with E-state index in [9.17, 15) is 9.59 Å². The topological polar surface area (TPSA) is 57.5 Å². The minimum atomic E-state index is -0.778. The molecule has 5 heteroatoms. The van der Waals surface area contributed by atoms with E-state index >= 15 is 0 Å². The number of Topliss-reactive ketones (excluding diaryl/α,β-unsaturated/α-hetero) is 1. The first-order valence-electron chi connectivity index (χ1n) is 14.0. The summed E-state index contributed by atoms with van der Waals surface area (Å²) in [6, 6.07) is 7.66. The van der Waals surface area contributed by atoms with E-state index in [1.165, 1.54) is 83.5 Å². The van der Waals surface area contributed by atoms with Crippen molar-refractivity contribution in [1.82, 2.24) is 4.57 Å². The highest BCUT2D eigenvalue weighted by Gasteiger charge is 2.24. The van der Waals surface area contributed by atoms with Crippen molar-refractivity contribution in [3.05, 3.63) is 29.8 Å². The van der Waals surface area contributed by atoms with Crippen molar-refractivity contribution in [3.63, 3.8) is 0 Å². The molecule has 0 saturated heterocycles. The summed E-state index contributed by atoms with van der Waals surface area (Å²) in [7, 11) is 1.81. The molecule has 0 amide bonds. The number of para-hydroxylation sites is 1. The second kappa shape index (κ2) is 17.2. The predicted octanol–water partition coefficient (Wildman–Crippen LogP) is 9.16. The van der Waals surface area contributed by atoms with E-state index in [1.807, 2.05) is 24.3 Å². The number of ether oxygens (including phenoxy) is 2. The number of nitrogens with zero attached hydrogens (tertiary/aromatic N) is 1. The van der Waals surface area contributed by atoms with E-state index in [0.717, 1.165) is 23.7 Å². The predicted molar refractivity (Wildman–Crippen MR) is 144 cm³/mol. The van der Waals surface area contributed by atoms with Crippen LogP contribution in [-0.4, -0.2) is 23.1 Å². The Labute approximate surface area is 212 Å². The maximum absolute atomic E-state index is 13.1.